The van der Waals surface area contributed by atoms with Crippen LogP contribution in [0.2, 0.25) is 0 Å². The van der Waals surface area contributed by atoms with E-state index in [0.717, 1.165) is 15.8 Å². The molecule has 2 N–H and O–H groups in total. The molecule has 0 aliphatic carbocycles. The van der Waals surface area contributed by atoms with Crippen LogP contribution in [-0.2, 0) is 4.74 Å². The molecule has 0 aliphatic heterocycles. The number of anilines is 1. The molecule has 126 valence electrons. The number of pyridine rings is 1. The summed E-state index contributed by atoms with van der Waals surface area (Å²) in [4.78, 5) is 24.6. The minimum absolute atomic E-state index is 0.0943. The average Bonchev–Trinajstić information content (AvgIpc) is 3.03. The van der Waals surface area contributed by atoms with E-state index in [1.54, 1.807) is 11.6 Å². The van der Waals surface area contributed by atoms with Gasteiger partial charge in [-0.3, -0.25) is 4.98 Å². The standard InChI is InChI=1S/C16H13N5O2S2/c1-8(25-16-20-9(5-17)3-14(18)21-16)12-4-10-11(15(22)23-2)7-24-13(10)6-19-12/h3-4,6-8H,1-2H3,(H2,18,20,21). The Bertz CT molecular complexity index is 996. The molecule has 0 radical (unpaired) electrons. The highest BCUT2D eigenvalue weighted by Crippen LogP contribution is 2.35. The first-order chi connectivity index (χ1) is 12.0. The number of nitrogens with two attached hydrogens (primary N) is 1. The van der Waals surface area contributed by atoms with Crippen LogP contribution in [0.5, 0.6) is 0 Å². The second-order valence-corrected chi connectivity index (χ2v) is 7.30. The third-order valence-electron chi connectivity index (χ3n) is 3.43. The maximum Gasteiger partial charge on any atom is 0.339 e. The van der Waals surface area contributed by atoms with E-state index in [1.165, 1.54) is 36.3 Å². The molecule has 0 aliphatic rings. The molecule has 0 aromatic carbocycles. The predicted octanol–water partition coefficient (Wildman–Crippen LogP) is 3.18. The Labute approximate surface area is 151 Å². The van der Waals surface area contributed by atoms with Gasteiger partial charge in [-0.05, 0) is 13.0 Å². The third-order valence-corrected chi connectivity index (χ3v) is 5.35. The number of ether oxygens (including phenoxy) is 1. The lowest BCUT2D eigenvalue weighted by molar-refractivity contribution is 0.0603. The minimum atomic E-state index is -0.374. The summed E-state index contributed by atoms with van der Waals surface area (Å²) in [5.74, 6) is -0.128. The van der Waals surface area contributed by atoms with Crippen molar-refractivity contribution in [2.24, 2.45) is 0 Å². The highest BCUT2D eigenvalue weighted by Gasteiger charge is 2.17. The van der Waals surface area contributed by atoms with Gasteiger partial charge in [-0.15, -0.1) is 11.3 Å². The molecule has 0 spiro atoms. The van der Waals surface area contributed by atoms with Crippen molar-refractivity contribution in [3.8, 4) is 6.07 Å². The van der Waals surface area contributed by atoms with E-state index >= 15 is 0 Å². The molecule has 7 nitrogen and oxygen atoms in total. The van der Waals surface area contributed by atoms with Gasteiger partial charge in [0, 0.05) is 23.0 Å². The summed E-state index contributed by atoms with van der Waals surface area (Å²) in [5, 5.41) is 11.9. The van der Waals surface area contributed by atoms with E-state index in [4.69, 9.17) is 15.7 Å². The normalized spacial score (nSPS) is 11.9. The Morgan fingerprint density at radius 2 is 2.24 bits per heavy atom. The number of fused-ring (bicyclic) bond motifs is 1. The lowest BCUT2D eigenvalue weighted by atomic mass is 10.1. The van der Waals surface area contributed by atoms with Crippen molar-refractivity contribution in [1.82, 2.24) is 15.0 Å². The van der Waals surface area contributed by atoms with Crippen LogP contribution in [0.1, 0.15) is 33.9 Å². The topological polar surface area (TPSA) is 115 Å². The van der Waals surface area contributed by atoms with Crippen molar-refractivity contribution in [3.63, 3.8) is 0 Å². The summed E-state index contributed by atoms with van der Waals surface area (Å²) in [6.07, 6.45) is 1.74. The Morgan fingerprint density at radius 1 is 1.44 bits per heavy atom. The smallest absolute Gasteiger partial charge is 0.339 e. The Morgan fingerprint density at radius 3 is 2.96 bits per heavy atom. The largest absolute Gasteiger partial charge is 0.465 e. The number of rotatable bonds is 4. The molecule has 0 amide bonds. The average molecular weight is 371 g/mol. The number of nitriles is 1. The second-order valence-electron chi connectivity index (χ2n) is 5.08. The SMILES string of the molecule is COC(=O)c1csc2cnc(C(C)Sc3nc(N)cc(C#N)n3)cc12. The number of thioether (sulfide) groups is 1. The van der Waals surface area contributed by atoms with Gasteiger partial charge >= 0.3 is 5.97 Å². The number of thiophene rings is 1. The summed E-state index contributed by atoms with van der Waals surface area (Å²) in [5.41, 5.74) is 7.21. The van der Waals surface area contributed by atoms with Gasteiger partial charge in [-0.1, -0.05) is 11.8 Å². The highest BCUT2D eigenvalue weighted by molar-refractivity contribution is 7.99. The zero-order chi connectivity index (χ0) is 18.0. The highest BCUT2D eigenvalue weighted by atomic mass is 32.2. The Hall–Kier alpha value is -2.70. The van der Waals surface area contributed by atoms with Crippen LogP contribution in [0.3, 0.4) is 0 Å². The van der Waals surface area contributed by atoms with Crippen molar-refractivity contribution < 1.29 is 9.53 Å². The maximum atomic E-state index is 11.9. The van der Waals surface area contributed by atoms with Gasteiger partial charge in [0.2, 0.25) is 0 Å². The van der Waals surface area contributed by atoms with Crippen LogP contribution in [0.4, 0.5) is 5.82 Å². The van der Waals surface area contributed by atoms with Crippen LogP contribution in [0.15, 0.2) is 28.9 Å². The number of carbonyl (C=O) groups is 1. The Balaban J connectivity index is 1.92. The van der Waals surface area contributed by atoms with Crippen molar-refractivity contribution in [3.05, 3.63) is 40.7 Å². The lowest BCUT2D eigenvalue weighted by Gasteiger charge is -2.10. The van der Waals surface area contributed by atoms with Crippen molar-refractivity contribution in [2.45, 2.75) is 17.3 Å². The van der Waals surface area contributed by atoms with Gasteiger partial charge in [-0.25, -0.2) is 14.8 Å². The third kappa shape index (κ3) is 3.55. The van der Waals surface area contributed by atoms with Crippen molar-refractivity contribution in [2.75, 3.05) is 12.8 Å². The molecule has 3 aromatic rings. The molecule has 0 bridgehead atoms. The van der Waals surface area contributed by atoms with Gasteiger partial charge in [0.1, 0.15) is 17.6 Å². The summed E-state index contributed by atoms with van der Waals surface area (Å²) < 4.78 is 5.73. The van der Waals surface area contributed by atoms with E-state index in [-0.39, 0.29) is 22.7 Å². The molecule has 1 atom stereocenters. The van der Waals surface area contributed by atoms with Crippen molar-refractivity contribution in [1.29, 1.82) is 5.26 Å². The van der Waals surface area contributed by atoms with Gasteiger partial charge in [-0.2, -0.15) is 5.26 Å². The molecule has 0 saturated heterocycles. The zero-order valence-electron chi connectivity index (χ0n) is 13.4. The summed E-state index contributed by atoms with van der Waals surface area (Å²) in [7, 11) is 1.36. The maximum absolute atomic E-state index is 11.9. The minimum Gasteiger partial charge on any atom is -0.465 e. The summed E-state index contributed by atoms with van der Waals surface area (Å²) in [6, 6.07) is 5.25. The first-order valence-corrected chi connectivity index (χ1v) is 8.94. The van der Waals surface area contributed by atoms with E-state index < -0.39 is 0 Å². The molecule has 3 heterocycles. The van der Waals surface area contributed by atoms with Crippen LogP contribution in [0, 0.1) is 11.3 Å². The molecule has 25 heavy (non-hydrogen) atoms. The molecular weight excluding hydrogens is 358 g/mol. The number of carbonyl (C=O) groups excluding carboxylic acids is 1. The lowest BCUT2D eigenvalue weighted by Crippen LogP contribution is -2.01. The molecule has 1 unspecified atom stereocenters. The number of nitrogens with zero attached hydrogens (tertiary/aromatic N) is 4. The van der Waals surface area contributed by atoms with E-state index in [1.807, 2.05) is 19.1 Å². The predicted molar refractivity (Wildman–Crippen MR) is 96.4 cm³/mol. The molecule has 9 heteroatoms. The van der Waals surface area contributed by atoms with E-state index in [0.29, 0.717) is 10.7 Å². The quantitative estimate of drug-likeness (QED) is 0.422. The fourth-order valence-corrected chi connectivity index (χ4v) is 3.96. The van der Waals surface area contributed by atoms with Crippen LogP contribution in [0.25, 0.3) is 10.1 Å². The number of methoxy groups -OCH3 is 1. The number of nitrogen functional groups attached to an aromatic ring is 1. The number of aromatic nitrogens is 3. The van der Waals surface area contributed by atoms with Crippen molar-refractivity contribution >= 4 is 45.0 Å². The number of esters is 1. The summed E-state index contributed by atoms with van der Waals surface area (Å²) >= 11 is 2.78. The van der Waals surface area contributed by atoms with E-state index in [9.17, 15) is 4.79 Å². The van der Waals surface area contributed by atoms with Gasteiger partial charge < -0.3 is 10.5 Å². The molecular formula is C16H13N5O2S2. The fourth-order valence-electron chi connectivity index (χ4n) is 2.21. The molecule has 3 rings (SSSR count). The molecule has 0 fully saturated rings. The molecule has 3 aromatic heterocycles. The first kappa shape index (κ1) is 17.1. The fraction of sp³-hybridized carbons (Fsp3) is 0.188. The Kier molecular flexibility index (Phi) is 4.83. The first-order valence-electron chi connectivity index (χ1n) is 7.18. The van der Waals surface area contributed by atoms with Gasteiger partial charge in [0.15, 0.2) is 5.16 Å². The summed E-state index contributed by atoms with van der Waals surface area (Å²) in [6.45, 7) is 1.95. The van der Waals surface area contributed by atoms with Crippen LogP contribution >= 0.6 is 23.1 Å². The zero-order valence-corrected chi connectivity index (χ0v) is 15.0. The number of hydrogen-bond donors (Lipinski definition) is 1. The van der Waals surface area contributed by atoms with Gasteiger partial charge in [0.05, 0.1) is 28.3 Å². The van der Waals surface area contributed by atoms with E-state index in [2.05, 4.69) is 15.0 Å². The van der Waals surface area contributed by atoms with Crippen LogP contribution < -0.4 is 5.73 Å². The van der Waals surface area contributed by atoms with Crippen LogP contribution in [-0.4, -0.2) is 28.0 Å². The second kappa shape index (κ2) is 7.04. The van der Waals surface area contributed by atoms with Gasteiger partial charge in [0.25, 0.3) is 0 Å². The monoisotopic (exact) mass is 371 g/mol. The molecule has 0 saturated carbocycles. The number of hydrogen-bond acceptors (Lipinski definition) is 9.